The minimum atomic E-state index is 0.182. The zero-order chi connectivity index (χ0) is 17.2. The Hall–Kier alpha value is -1.74. The summed E-state index contributed by atoms with van der Waals surface area (Å²) in [6.45, 7) is 2.94. The number of amides is 1. The number of hydrogen-bond donors (Lipinski definition) is 1. The molecular weight excluding hydrogens is 326 g/mol. The molecule has 2 aromatic carbocycles. The molecule has 2 bridgehead atoms. The molecule has 1 N–H and O–H groups in total. The van der Waals surface area contributed by atoms with Crippen molar-refractivity contribution in [1.82, 2.24) is 5.32 Å². The topological polar surface area (TPSA) is 29.1 Å². The highest BCUT2D eigenvalue weighted by Gasteiger charge is 2.42. The van der Waals surface area contributed by atoms with Crippen molar-refractivity contribution >= 4 is 17.7 Å². The first-order valence-electron chi connectivity index (χ1n) is 9.31. The third-order valence-electron chi connectivity index (χ3n) is 5.57. The normalized spacial score (nSPS) is 23.0. The molecule has 25 heavy (non-hydrogen) atoms. The van der Waals surface area contributed by atoms with Gasteiger partial charge in [0, 0.05) is 18.4 Å². The van der Waals surface area contributed by atoms with Gasteiger partial charge in [-0.3, -0.25) is 4.79 Å². The average molecular weight is 352 g/mol. The van der Waals surface area contributed by atoms with Crippen LogP contribution in [0.2, 0.25) is 0 Å². The lowest BCUT2D eigenvalue weighted by Crippen LogP contribution is -2.39. The lowest BCUT2D eigenvalue weighted by Gasteiger charge is -2.45. The maximum absolute atomic E-state index is 12.1. The predicted octanol–water partition coefficient (Wildman–Crippen LogP) is 4.54. The van der Waals surface area contributed by atoms with Gasteiger partial charge in [-0.15, -0.1) is 0 Å². The fourth-order valence-corrected chi connectivity index (χ4v) is 5.29. The Morgan fingerprint density at radius 3 is 2.24 bits per heavy atom. The second kappa shape index (κ2) is 7.25. The smallest absolute Gasteiger partial charge is 0.230 e. The van der Waals surface area contributed by atoms with Gasteiger partial charge in [-0.2, -0.15) is 11.8 Å². The van der Waals surface area contributed by atoms with Gasteiger partial charge in [0.1, 0.15) is 0 Å². The van der Waals surface area contributed by atoms with Gasteiger partial charge in [-0.05, 0) is 46.8 Å². The van der Waals surface area contributed by atoms with Gasteiger partial charge in [-0.1, -0.05) is 55.5 Å². The minimum absolute atomic E-state index is 0.182. The first kappa shape index (κ1) is 16.7. The van der Waals surface area contributed by atoms with E-state index in [0.29, 0.717) is 23.5 Å². The van der Waals surface area contributed by atoms with Gasteiger partial charge in [0.05, 0.1) is 5.75 Å². The molecule has 3 heteroatoms. The molecule has 130 valence electrons. The highest BCUT2D eigenvalue weighted by atomic mass is 32.2. The van der Waals surface area contributed by atoms with Gasteiger partial charge in [0.25, 0.3) is 0 Å². The summed E-state index contributed by atoms with van der Waals surface area (Å²) in [5, 5.41) is 3.20. The summed E-state index contributed by atoms with van der Waals surface area (Å²) in [4.78, 5) is 12.1. The number of thioether (sulfide) groups is 1. The first-order valence-corrected chi connectivity index (χ1v) is 10.5. The van der Waals surface area contributed by atoms with E-state index in [2.05, 4.69) is 60.8 Å². The van der Waals surface area contributed by atoms with Crippen LogP contribution < -0.4 is 5.32 Å². The van der Waals surface area contributed by atoms with Crippen LogP contribution in [0.5, 0.6) is 0 Å². The Morgan fingerprint density at radius 1 is 1.04 bits per heavy atom. The quantitative estimate of drug-likeness (QED) is 0.774. The molecule has 2 aromatic rings. The molecule has 2 nitrogen and oxygen atoms in total. The standard InChI is InChI=1S/C22H25NOS/c1-2-11-25-14-21(24)23-13-15-12-20-16-7-3-5-9-18(16)22(15)19-10-6-4-8-17(19)20/h3-10,15,20,22H,2,11-14H2,1H3,(H,23,24). The first-order chi connectivity index (χ1) is 12.3. The van der Waals surface area contributed by atoms with Crippen LogP contribution in [0.15, 0.2) is 48.5 Å². The molecule has 0 fully saturated rings. The van der Waals surface area contributed by atoms with Crippen LogP contribution in [0, 0.1) is 5.92 Å². The lowest BCUT2D eigenvalue weighted by molar-refractivity contribution is -0.118. The molecule has 0 saturated carbocycles. The van der Waals surface area contributed by atoms with E-state index in [0.717, 1.165) is 25.1 Å². The van der Waals surface area contributed by atoms with Crippen LogP contribution in [0.4, 0.5) is 0 Å². The van der Waals surface area contributed by atoms with Gasteiger partial charge in [-0.25, -0.2) is 0 Å². The molecule has 0 spiro atoms. The number of carbonyl (C=O) groups is 1. The lowest BCUT2D eigenvalue weighted by atomic mass is 9.59. The maximum Gasteiger partial charge on any atom is 0.230 e. The Labute approximate surface area is 154 Å². The summed E-state index contributed by atoms with van der Waals surface area (Å²) < 4.78 is 0. The molecule has 0 saturated heterocycles. The van der Waals surface area contributed by atoms with E-state index in [1.807, 2.05) is 0 Å². The summed E-state index contributed by atoms with van der Waals surface area (Å²) in [6.07, 6.45) is 2.26. The van der Waals surface area contributed by atoms with Crippen LogP contribution in [-0.2, 0) is 4.79 Å². The van der Waals surface area contributed by atoms with Crippen molar-refractivity contribution in [2.45, 2.75) is 31.6 Å². The van der Waals surface area contributed by atoms with E-state index < -0.39 is 0 Å². The molecule has 1 amide bonds. The Balaban J connectivity index is 1.54. The van der Waals surface area contributed by atoms with E-state index >= 15 is 0 Å². The Bertz CT molecular complexity index is 725. The van der Waals surface area contributed by atoms with Gasteiger partial charge < -0.3 is 5.32 Å². The summed E-state index contributed by atoms with van der Waals surface area (Å²) in [7, 11) is 0. The number of nitrogens with one attached hydrogen (secondary N) is 1. The van der Waals surface area contributed by atoms with Crippen LogP contribution >= 0.6 is 11.8 Å². The van der Waals surface area contributed by atoms with E-state index in [1.54, 1.807) is 11.8 Å². The maximum atomic E-state index is 12.1. The summed E-state index contributed by atoms with van der Waals surface area (Å²) in [6, 6.07) is 17.8. The van der Waals surface area contributed by atoms with Crippen molar-refractivity contribution in [3.05, 3.63) is 70.8 Å². The number of fused-ring (bicyclic) bond motifs is 1. The van der Waals surface area contributed by atoms with Crippen LogP contribution in [-0.4, -0.2) is 24.0 Å². The fraction of sp³-hybridized carbons (Fsp3) is 0.409. The van der Waals surface area contributed by atoms with Gasteiger partial charge >= 0.3 is 0 Å². The van der Waals surface area contributed by atoms with E-state index in [1.165, 1.54) is 22.3 Å². The predicted molar refractivity (Wildman–Crippen MR) is 105 cm³/mol. The molecule has 0 radical (unpaired) electrons. The third-order valence-corrected chi connectivity index (χ3v) is 6.73. The second-order valence-corrected chi connectivity index (χ2v) is 8.25. The molecule has 0 aromatic heterocycles. The van der Waals surface area contributed by atoms with Crippen molar-refractivity contribution in [3.63, 3.8) is 0 Å². The molecule has 1 atom stereocenters. The van der Waals surface area contributed by atoms with Gasteiger partial charge in [0.2, 0.25) is 5.91 Å². The van der Waals surface area contributed by atoms with E-state index in [4.69, 9.17) is 0 Å². The SMILES string of the molecule is CCCSCC(=O)NCC1CC2c3ccccc3C1c1ccccc12. The van der Waals surface area contributed by atoms with Crippen LogP contribution in [0.1, 0.15) is 53.9 Å². The largest absolute Gasteiger partial charge is 0.355 e. The average Bonchev–Trinajstić information content (AvgIpc) is 2.67. The highest BCUT2D eigenvalue weighted by molar-refractivity contribution is 7.99. The monoisotopic (exact) mass is 351 g/mol. The Morgan fingerprint density at radius 2 is 1.64 bits per heavy atom. The molecule has 5 rings (SSSR count). The highest BCUT2D eigenvalue weighted by Crippen LogP contribution is 2.55. The fourth-order valence-electron chi connectivity index (χ4n) is 4.56. The van der Waals surface area contributed by atoms with E-state index in [-0.39, 0.29) is 5.91 Å². The molecule has 0 aliphatic heterocycles. The van der Waals surface area contributed by atoms with Crippen LogP contribution in [0.25, 0.3) is 0 Å². The van der Waals surface area contributed by atoms with Crippen molar-refractivity contribution in [3.8, 4) is 0 Å². The minimum Gasteiger partial charge on any atom is -0.355 e. The number of hydrogen-bond acceptors (Lipinski definition) is 2. The second-order valence-electron chi connectivity index (χ2n) is 7.14. The summed E-state index contributed by atoms with van der Waals surface area (Å²) in [5.74, 6) is 3.22. The molecular formula is C22H25NOS. The van der Waals surface area contributed by atoms with Crippen LogP contribution in [0.3, 0.4) is 0 Å². The van der Waals surface area contributed by atoms with Crippen molar-refractivity contribution < 1.29 is 4.79 Å². The zero-order valence-corrected chi connectivity index (χ0v) is 15.5. The number of benzene rings is 2. The number of rotatable bonds is 6. The zero-order valence-electron chi connectivity index (χ0n) is 14.7. The van der Waals surface area contributed by atoms with E-state index in [9.17, 15) is 4.79 Å². The molecule has 1 unspecified atom stereocenters. The Kier molecular flexibility index (Phi) is 4.85. The molecule has 0 heterocycles. The summed E-state index contributed by atoms with van der Waals surface area (Å²) in [5.41, 5.74) is 5.92. The van der Waals surface area contributed by atoms with Crippen molar-refractivity contribution in [2.75, 3.05) is 18.1 Å². The third kappa shape index (κ3) is 3.10. The number of carbonyl (C=O) groups excluding carboxylic acids is 1. The van der Waals surface area contributed by atoms with Crippen molar-refractivity contribution in [2.24, 2.45) is 5.92 Å². The van der Waals surface area contributed by atoms with Gasteiger partial charge in [0.15, 0.2) is 0 Å². The van der Waals surface area contributed by atoms with Crippen molar-refractivity contribution in [1.29, 1.82) is 0 Å². The molecule has 3 aliphatic rings. The molecule has 3 aliphatic carbocycles. The summed E-state index contributed by atoms with van der Waals surface area (Å²) >= 11 is 1.73.